The first-order chi connectivity index (χ1) is 9.38. The summed E-state index contributed by atoms with van der Waals surface area (Å²) in [4.78, 5) is 38.0. The zero-order valence-electron chi connectivity index (χ0n) is 11.2. The monoisotopic (exact) mass is 314 g/mol. The fraction of sp³-hybridized carbons (Fsp3) is 0.600. The molecule has 0 aliphatic heterocycles. The number of carbonyl (C=O) groups is 4. The molecule has 0 fully saturated rings. The molecule has 1 atom stereocenters. The van der Waals surface area contributed by atoms with Gasteiger partial charge in [-0.05, 0) is 13.3 Å². The van der Waals surface area contributed by atoms with Crippen LogP contribution in [0.4, 0.5) is 0 Å². The van der Waals surface area contributed by atoms with Gasteiger partial charge < -0.3 is 35.7 Å². The second-order valence-electron chi connectivity index (χ2n) is 3.42. The summed E-state index contributed by atoms with van der Waals surface area (Å²) in [5.41, 5.74) is 0. The van der Waals surface area contributed by atoms with Crippen LogP contribution in [0.2, 0.25) is 0 Å². The number of hydrogen-bond acceptors (Lipinski definition) is 7. The molecule has 11 nitrogen and oxygen atoms in total. The van der Waals surface area contributed by atoms with Gasteiger partial charge in [-0.3, -0.25) is 0 Å². The van der Waals surface area contributed by atoms with E-state index >= 15 is 0 Å². The minimum Gasteiger partial charge on any atom is -0.479 e. The van der Waals surface area contributed by atoms with Crippen molar-refractivity contribution in [2.75, 3.05) is 0 Å². The highest BCUT2D eigenvalue weighted by Gasteiger charge is 2.21. The van der Waals surface area contributed by atoms with E-state index in [2.05, 4.69) is 0 Å². The number of rotatable bonds is 5. The predicted octanol–water partition coefficient (Wildman–Crippen LogP) is -2.19. The summed E-state index contributed by atoms with van der Waals surface area (Å²) in [5, 5.41) is 55.3. The van der Waals surface area contributed by atoms with Crippen molar-refractivity contribution in [1.82, 2.24) is 0 Å². The maximum absolute atomic E-state index is 9.51. The van der Waals surface area contributed by atoms with Crippen LogP contribution in [-0.4, -0.2) is 77.9 Å². The molecule has 0 aromatic rings. The van der Waals surface area contributed by atoms with Gasteiger partial charge >= 0.3 is 23.9 Å². The molecule has 0 spiro atoms. The van der Waals surface area contributed by atoms with Crippen LogP contribution in [0.15, 0.2) is 0 Å². The number of aliphatic hydroxyl groups is 3. The third-order valence-electron chi connectivity index (χ3n) is 1.53. The van der Waals surface area contributed by atoms with Crippen molar-refractivity contribution in [3.8, 4) is 0 Å². The first kappa shape index (κ1) is 23.8. The molecule has 7 N–H and O–H groups in total. The van der Waals surface area contributed by atoms with Crippen LogP contribution in [0.1, 0.15) is 20.3 Å². The lowest BCUT2D eigenvalue weighted by Crippen LogP contribution is -2.28. The standard InChI is InChI=1S/C4H10O.2C3H4O5/c1-3-4(2)5;2*4-1(2(5)6)3(7)8/h4-5H,3H2,1-2H3;2*1,4H,(H,5,6)(H,7,8). The molecular weight excluding hydrogens is 296 g/mol. The van der Waals surface area contributed by atoms with E-state index in [4.69, 9.17) is 35.7 Å². The van der Waals surface area contributed by atoms with Crippen LogP contribution in [0.25, 0.3) is 0 Å². The largest absolute Gasteiger partial charge is 0.479 e. The molecule has 0 bridgehead atoms. The molecule has 124 valence electrons. The molecule has 0 aliphatic carbocycles. The normalized spacial score (nSPS) is 10.6. The van der Waals surface area contributed by atoms with Gasteiger partial charge in [0, 0.05) is 0 Å². The van der Waals surface area contributed by atoms with E-state index in [9.17, 15) is 19.2 Å². The van der Waals surface area contributed by atoms with Crippen LogP contribution in [0.5, 0.6) is 0 Å². The van der Waals surface area contributed by atoms with Crippen LogP contribution < -0.4 is 0 Å². The van der Waals surface area contributed by atoms with Crippen LogP contribution in [-0.2, 0) is 19.2 Å². The van der Waals surface area contributed by atoms with E-state index in [1.165, 1.54) is 0 Å². The average Bonchev–Trinajstić information content (AvgIpc) is 2.37. The zero-order chi connectivity index (χ0) is 17.7. The molecule has 0 rings (SSSR count). The van der Waals surface area contributed by atoms with Crippen molar-refractivity contribution < 1.29 is 54.9 Å². The SMILES string of the molecule is CCC(C)O.O=C(O)C(O)C(=O)O.O=C(O)C(O)C(=O)O. The Kier molecular flexibility index (Phi) is 14.5. The van der Waals surface area contributed by atoms with Crippen molar-refractivity contribution in [1.29, 1.82) is 0 Å². The molecule has 0 amide bonds. The summed E-state index contributed by atoms with van der Waals surface area (Å²) in [6.07, 6.45) is -3.85. The Morgan fingerprint density at radius 3 is 0.857 bits per heavy atom. The maximum Gasteiger partial charge on any atom is 0.344 e. The molecule has 21 heavy (non-hydrogen) atoms. The number of carboxylic acid groups (broad SMARTS) is 4. The number of aliphatic hydroxyl groups excluding tert-OH is 3. The molecule has 0 saturated carbocycles. The van der Waals surface area contributed by atoms with Gasteiger partial charge in [0.15, 0.2) is 0 Å². The first-order valence-corrected chi connectivity index (χ1v) is 5.33. The Hall–Kier alpha value is -2.24. The summed E-state index contributed by atoms with van der Waals surface area (Å²) in [7, 11) is 0. The van der Waals surface area contributed by atoms with E-state index in [0.29, 0.717) is 0 Å². The molecule has 0 aliphatic rings. The van der Waals surface area contributed by atoms with Gasteiger partial charge in [-0.1, -0.05) is 6.92 Å². The van der Waals surface area contributed by atoms with Crippen molar-refractivity contribution in [3.05, 3.63) is 0 Å². The number of carboxylic acids is 4. The van der Waals surface area contributed by atoms with Gasteiger partial charge in [-0.25, -0.2) is 19.2 Å². The average molecular weight is 314 g/mol. The van der Waals surface area contributed by atoms with E-state index in [-0.39, 0.29) is 6.10 Å². The Balaban J connectivity index is -0.000000239. The quantitative estimate of drug-likeness (QED) is 0.271. The van der Waals surface area contributed by atoms with Crippen LogP contribution in [0, 0.1) is 0 Å². The Morgan fingerprint density at radius 2 is 0.857 bits per heavy atom. The summed E-state index contributed by atoms with van der Waals surface area (Å²) >= 11 is 0. The number of aliphatic carboxylic acids is 4. The molecule has 0 saturated heterocycles. The molecule has 0 aromatic carbocycles. The van der Waals surface area contributed by atoms with Gasteiger partial charge in [0.05, 0.1) is 6.10 Å². The third kappa shape index (κ3) is 17.8. The zero-order valence-corrected chi connectivity index (χ0v) is 11.2. The predicted molar refractivity (Wildman–Crippen MR) is 64.5 cm³/mol. The van der Waals surface area contributed by atoms with Crippen molar-refractivity contribution in [2.45, 2.75) is 38.6 Å². The van der Waals surface area contributed by atoms with Gasteiger partial charge in [-0.15, -0.1) is 0 Å². The van der Waals surface area contributed by atoms with Gasteiger partial charge in [0.1, 0.15) is 0 Å². The molecule has 0 radical (unpaired) electrons. The van der Waals surface area contributed by atoms with Crippen LogP contribution in [0.3, 0.4) is 0 Å². The lowest BCUT2D eigenvalue weighted by atomic mass is 10.3. The van der Waals surface area contributed by atoms with Crippen molar-refractivity contribution >= 4 is 23.9 Å². The highest BCUT2D eigenvalue weighted by atomic mass is 16.4. The van der Waals surface area contributed by atoms with E-state index in [0.717, 1.165) is 6.42 Å². The topological polar surface area (TPSA) is 210 Å². The second-order valence-corrected chi connectivity index (χ2v) is 3.42. The summed E-state index contributed by atoms with van der Waals surface area (Å²) in [6.45, 7) is 3.73. The fourth-order valence-electron chi connectivity index (χ4n) is 0.211. The summed E-state index contributed by atoms with van der Waals surface area (Å²) in [5.74, 6) is -7.01. The van der Waals surface area contributed by atoms with Gasteiger partial charge in [0.25, 0.3) is 0 Å². The third-order valence-corrected chi connectivity index (χ3v) is 1.53. The minimum absolute atomic E-state index is 0.116. The van der Waals surface area contributed by atoms with Crippen LogP contribution >= 0.6 is 0 Å². The fourth-order valence-corrected chi connectivity index (χ4v) is 0.211. The molecule has 0 heterocycles. The van der Waals surface area contributed by atoms with E-state index in [1.807, 2.05) is 6.92 Å². The smallest absolute Gasteiger partial charge is 0.344 e. The molecule has 11 heteroatoms. The minimum atomic E-state index is -2.30. The van der Waals surface area contributed by atoms with E-state index < -0.39 is 36.1 Å². The summed E-state index contributed by atoms with van der Waals surface area (Å²) in [6, 6.07) is 0. The second kappa shape index (κ2) is 12.8. The van der Waals surface area contributed by atoms with Gasteiger partial charge in [-0.2, -0.15) is 0 Å². The van der Waals surface area contributed by atoms with E-state index in [1.54, 1.807) is 6.92 Å². The number of hydrogen-bond donors (Lipinski definition) is 7. The lowest BCUT2D eigenvalue weighted by molar-refractivity contribution is -0.162. The highest BCUT2D eigenvalue weighted by Crippen LogP contribution is 1.81. The highest BCUT2D eigenvalue weighted by molar-refractivity contribution is 5.95. The maximum atomic E-state index is 9.51. The summed E-state index contributed by atoms with van der Waals surface area (Å²) < 4.78 is 0. The van der Waals surface area contributed by atoms with Gasteiger partial charge in [0.2, 0.25) is 12.2 Å². The first-order valence-electron chi connectivity index (χ1n) is 5.33. The lowest BCUT2D eigenvalue weighted by Gasteiger charge is -1.93. The molecule has 0 aromatic heterocycles. The Labute approximate surface area is 118 Å². The van der Waals surface area contributed by atoms with Crippen molar-refractivity contribution in [3.63, 3.8) is 0 Å². The molecular formula is C10H18O11. The Morgan fingerprint density at radius 1 is 0.714 bits per heavy atom. The van der Waals surface area contributed by atoms with Crippen molar-refractivity contribution in [2.24, 2.45) is 0 Å². The Bertz CT molecular complexity index is 291. The molecule has 1 unspecified atom stereocenters.